The van der Waals surface area contributed by atoms with Gasteiger partial charge in [0.2, 0.25) is 0 Å². The minimum absolute atomic E-state index is 0. The zero-order chi connectivity index (χ0) is 10.7. The van der Waals surface area contributed by atoms with Crippen LogP contribution in [0.3, 0.4) is 0 Å². The van der Waals surface area contributed by atoms with Crippen LogP contribution in [0.5, 0.6) is 0 Å². The second kappa shape index (κ2) is 5.72. The lowest BCUT2D eigenvalue weighted by Crippen LogP contribution is -2.27. The SMILES string of the molecule is Cl.Nc1ccccc1NC(=O)[C@@H]1CCCO1. The Morgan fingerprint density at radius 1 is 1.44 bits per heavy atom. The molecular weight excluding hydrogens is 228 g/mol. The lowest BCUT2D eigenvalue weighted by Gasteiger charge is -2.11. The summed E-state index contributed by atoms with van der Waals surface area (Å²) >= 11 is 0. The van der Waals surface area contributed by atoms with Crippen molar-refractivity contribution in [3.8, 4) is 0 Å². The molecule has 1 aromatic rings. The van der Waals surface area contributed by atoms with Crippen LogP contribution in [-0.4, -0.2) is 18.6 Å². The van der Waals surface area contributed by atoms with Crippen molar-refractivity contribution in [2.24, 2.45) is 0 Å². The van der Waals surface area contributed by atoms with E-state index in [0.29, 0.717) is 18.0 Å². The first-order chi connectivity index (χ1) is 7.27. The number of hydrogen-bond acceptors (Lipinski definition) is 3. The molecular formula is C11H15ClN2O2. The summed E-state index contributed by atoms with van der Waals surface area (Å²) in [5.41, 5.74) is 6.94. The third-order valence-corrected chi connectivity index (χ3v) is 2.44. The highest BCUT2D eigenvalue weighted by molar-refractivity contribution is 5.96. The predicted molar refractivity (Wildman–Crippen MR) is 65.7 cm³/mol. The van der Waals surface area contributed by atoms with E-state index in [1.807, 2.05) is 12.1 Å². The molecule has 0 spiro atoms. The van der Waals surface area contributed by atoms with Gasteiger partial charge in [-0.25, -0.2) is 0 Å². The average molecular weight is 243 g/mol. The van der Waals surface area contributed by atoms with Crippen LogP contribution in [-0.2, 0) is 9.53 Å². The van der Waals surface area contributed by atoms with Gasteiger partial charge in [-0.15, -0.1) is 12.4 Å². The molecule has 4 nitrogen and oxygen atoms in total. The molecule has 1 aliphatic rings. The molecule has 1 fully saturated rings. The largest absolute Gasteiger partial charge is 0.397 e. The van der Waals surface area contributed by atoms with Crippen LogP contribution in [0.1, 0.15) is 12.8 Å². The lowest BCUT2D eigenvalue weighted by molar-refractivity contribution is -0.124. The smallest absolute Gasteiger partial charge is 0.253 e. The van der Waals surface area contributed by atoms with Crippen molar-refractivity contribution in [3.05, 3.63) is 24.3 Å². The molecule has 0 radical (unpaired) electrons. The Morgan fingerprint density at radius 2 is 2.19 bits per heavy atom. The van der Waals surface area contributed by atoms with Crippen LogP contribution in [0.15, 0.2) is 24.3 Å². The average Bonchev–Trinajstić information content (AvgIpc) is 2.74. The van der Waals surface area contributed by atoms with Crippen LogP contribution < -0.4 is 11.1 Å². The molecule has 1 atom stereocenters. The summed E-state index contributed by atoms with van der Waals surface area (Å²) in [4.78, 5) is 11.7. The van der Waals surface area contributed by atoms with Gasteiger partial charge < -0.3 is 15.8 Å². The molecule has 5 heteroatoms. The molecule has 1 amide bonds. The zero-order valence-corrected chi connectivity index (χ0v) is 9.63. The van der Waals surface area contributed by atoms with Crippen molar-refractivity contribution in [1.82, 2.24) is 0 Å². The van der Waals surface area contributed by atoms with E-state index in [1.54, 1.807) is 12.1 Å². The fraction of sp³-hybridized carbons (Fsp3) is 0.364. The molecule has 0 aromatic heterocycles. The summed E-state index contributed by atoms with van der Waals surface area (Å²) in [6.45, 7) is 0.669. The first-order valence-corrected chi connectivity index (χ1v) is 5.04. The number of nitrogens with one attached hydrogen (secondary N) is 1. The first-order valence-electron chi connectivity index (χ1n) is 5.04. The van der Waals surface area contributed by atoms with E-state index in [0.717, 1.165) is 12.8 Å². The molecule has 3 N–H and O–H groups in total. The molecule has 0 aliphatic carbocycles. The van der Waals surface area contributed by atoms with Gasteiger partial charge in [0.25, 0.3) is 5.91 Å². The molecule has 0 unspecified atom stereocenters. The van der Waals surface area contributed by atoms with Crippen molar-refractivity contribution in [1.29, 1.82) is 0 Å². The third kappa shape index (κ3) is 2.87. The fourth-order valence-corrected chi connectivity index (χ4v) is 1.61. The van der Waals surface area contributed by atoms with E-state index < -0.39 is 0 Å². The highest BCUT2D eigenvalue weighted by Gasteiger charge is 2.23. The number of amides is 1. The van der Waals surface area contributed by atoms with Crippen molar-refractivity contribution in [2.45, 2.75) is 18.9 Å². The Hall–Kier alpha value is -1.26. The van der Waals surface area contributed by atoms with Crippen LogP contribution in [0.4, 0.5) is 11.4 Å². The van der Waals surface area contributed by atoms with E-state index >= 15 is 0 Å². The molecule has 1 aliphatic heterocycles. The number of hydrogen-bond donors (Lipinski definition) is 2. The molecule has 88 valence electrons. The Bertz CT molecular complexity index is 365. The number of carbonyl (C=O) groups is 1. The van der Waals surface area contributed by atoms with Gasteiger partial charge in [-0.1, -0.05) is 12.1 Å². The summed E-state index contributed by atoms with van der Waals surface area (Å²) < 4.78 is 5.27. The van der Waals surface area contributed by atoms with Gasteiger partial charge in [0, 0.05) is 6.61 Å². The standard InChI is InChI=1S/C11H14N2O2.ClH/c12-8-4-1-2-5-9(8)13-11(14)10-6-3-7-15-10;/h1-2,4-5,10H,3,6-7,12H2,(H,13,14);1H/t10-;/m0./s1. The summed E-state index contributed by atoms with van der Waals surface area (Å²) in [6.07, 6.45) is 1.42. The summed E-state index contributed by atoms with van der Waals surface area (Å²) in [5.74, 6) is -0.106. The van der Waals surface area contributed by atoms with Gasteiger partial charge in [0.15, 0.2) is 0 Å². The van der Waals surface area contributed by atoms with Gasteiger partial charge in [-0.2, -0.15) is 0 Å². The maximum Gasteiger partial charge on any atom is 0.253 e. The van der Waals surface area contributed by atoms with Gasteiger partial charge in [-0.3, -0.25) is 4.79 Å². The second-order valence-corrected chi connectivity index (χ2v) is 3.58. The second-order valence-electron chi connectivity index (χ2n) is 3.58. The van der Waals surface area contributed by atoms with Gasteiger partial charge in [-0.05, 0) is 25.0 Å². The van der Waals surface area contributed by atoms with E-state index in [9.17, 15) is 4.79 Å². The topological polar surface area (TPSA) is 64.3 Å². The molecule has 2 rings (SSSR count). The third-order valence-electron chi connectivity index (χ3n) is 2.44. The Balaban J connectivity index is 0.00000128. The van der Waals surface area contributed by atoms with Crippen molar-refractivity contribution >= 4 is 29.7 Å². The maximum atomic E-state index is 11.7. The Labute approximate surface area is 101 Å². The van der Waals surface area contributed by atoms with Crippen molar-refractivity contribution in [3.63, 3.8) is 0 Å². The van der Waals surface area contributed by atoms with Gasteiger partial charge in [0.1, 0.15) is 6.10 Å². The Morgan fingerprint density at radius 3 is 2.81 bits per heavy atom. The quantitative estimate of drug-likeness (QED) is 0.778. The molecule has 1 heterocycles. The predicted octanol–water partition coefficient (Wildman–Crippen LogP) is 1.81. The Kier molecular flexibility index (Phi) is 4.58. The number of rotatable bonds is 2. The van der Waals surface area contributed by atoms with Crippen LogP contribution >= 0.6 is 12.4 Å². The number of benzene rings is 1. The molecule has 1 saturated heterocycles. The summed E-state index contributed by atoms with van der Waals surface area (Å²) in [7, 11) is 0. The number of carbonyl (C=O) groups excluding carboxylic acids is 1. The van der Waals surface area contributed by atoms with E-state index in [1.165, 1.54) is 0 Å². The molecule has 0 saturated carbocycles. The minimum atomic E-state index is -0.315. The number of anilines is 2. The lowest BCUT2D eigenvalue weighted by atomic mass is 10.2. The van der Waals surface area contributed by atoms with Crippen LogP contribution in [0.25, 0.3) is 0 Å². The first kappa shape index (κ1) is 12.8. The van der Waals surface area contributed by atoms with Gasteiger partial charge in [0.05, 0.1) is 11.4 Å². The minimum Gasteiger partial charge on any atom is -0.397 e. The highest BCUT2D eigenvalue weighted by atomic mass is 35.5. The summed E-state index contributed by atoms with van der Waals surface area (Å²) in [6, 6.07) is 7.20. The normalized spacial score (nSPS) is 18.9. The molecule has 1 aromatic carbocycles. The molecule has 0 bridgehead atoms. The number of ether oxygens (including phenoxy) is 1. The summed E-state index contributed by atoms with van der Waals surface area (Å²) in [5, 5.41) is 2.76. The number of halogens is 1. The van der Waals surface area contributed by atoms with Crippen LogP contribution in [0, 0.1) is 0 Å². The van der Waals surface area contributed by atoms with Crippen LogP contribution in [0.2, 0.25) is 0 Å². The van der Waals surface area contributed by atoms with Crippen molar-refractivity contribution < 1.29 is 9.53 Å². The number of nitrogen functional groups attached to an aromatic ring is 1. The number of para-hydroxylation sites is 2. The van der Waals surface area contributed by atoms with E-state index in [-0.39, 0.29) is 24.4 Å². The van der Waals surface area contributed by atoms with Gasteiger partial charge >= 0.3 is 0 Å². The zero-order valence-electron chi connectivity index (χ0n) is 8.81. The van der Waals surface area contributed by atoms with E-state index in [4.69, 9.17) is 10.5 Å². The maximum absolute atomic E-state index is 11.7. The highest BCUT2D eigenvalue weighted by Crippen LogP contribution is 2.19. The number of nitrogens with two attached hydrogens (primary N) is 1. The van der Waals surface area contributed by atoms with E-state index in [2.05, 4.69) is 5.32 Å². The monoisotopic (exact) mass is 242 g/mol. The van der Waals surface area contributed by atoms with Crippen molar-refractivity contribution in [2.75, 3.05) is 17.7 Å². The molecule has 16 heavy (non-hydrogen) atoms. The fourth-order valence-electron chi connectivity index (χ4n) is 1.61.